The molecule has 1 N–H and O–H groups in total. The zero-order chi connectivity index (χ0) is 22.1. The Labute approximate surface area is 182 Å². The van der Waals surface area contributed by atoms with E-state index < -0.39 is 18.0 Å². The lowest BCUT2D eigenvalue weighted by Crippen LogP contribution is -2.56. The molecule has 162 valence electrons. The van der Waals surface area contributed by atoms with Gasteiger partial charge in [0.05, 0.1) is 0 Å². The molecule has 7 heteroatoms. The summed E-state index contributed by atoms with van der Waals surface area (Å²) in [5.74, 6) is -0.561. The first-order valence-corrected chi connectivity index (χ1v) is 10.3. The predicted molar refractivity (Wildman–Crippen MR) is 117 cm³/mol. The number of benzene rings is 2. The smallest absolute Gasteiger partial charge is 0.410 e. The average Bonchev–Trinajstić information content (AvgIpc) is 2.83. The predicted octanol–water partition coefficient (Wildman–Crippen LogP) is 2.38. The van der Waals surface area contributed by atoms with Gasteiger partial charge in [0, 0.05) is 32.6 Å². The molecular formula is C24H27N3O4. The topological polar surface area (TPSA) is 79.0 Å². The molecule has 1 heterocycles. The molecule has 31 heavy (non-hydrogen) atoms. The minimum absolute atomic E-state index is 0.170. The van der Waals surface area contributed by atoms with Crippen LogP contribution in [-0.2, 0) is 27.4 Å². The number of carbonyl (C=O) groups excluding carboxylic acids is 3. The average molecular weight is 421 g/mol. The van der Waals surface area contributed by atoms with Gasteiger partial charge in [-0.15, -0.1) is 0 Å². The summed E-state index contributed by atoms with van der Waals surface area (Å²) in [6.45, 7) is 5.21. The van der Waals surface area contributed by atoms with Crippen LogP contribution >= 0.6 is 0 Å². The van der Waals surface area contributed by atoms with Crippen LogP contribution in [0.5, 0.6) is 0 Å². The summed E-state index contributed by atoms with van der Waals surface area (Å²) in [7, 11) is 0. The van der Waals surface area contributed by atoms with Crippen LogP contribution in [0.3, 0.4) is 0 Å². The molecule has 3 rings (SSSR count). The molecule has 1 atom stereocenters. The van der Waals surface area contributed by atoms with Crippen LogP contribution in [0.4, 0.5) is 4.79 Å². The van der Waals surface area contributed by atoms with Gasteiger partial charge in [-0.25, -0.2) is 4.79 Å². The molecule has 0 radical (unpaired) electrons. The Morgan fingerprint density at radius 3 is 2.03 bits per heavy atom. The second-order valence-electron chi connectivity index (χ2n) is 7.31. The van der Waals surface area contributed by atoms with Crippen LogP contribution in [0.2, 0.25) is 0 Å². The molecule has 1 aliphatic heterocycles. The van der Waals surface area contributed by atoms with E-state index in [4.69, 9.17) is 4.74 Å². The maximum absolute atomic E-state index is 13.1. The van der Waals surface area contributed by atoms with E-state index in [2.05, 4.69) is 11.9 Å². The van der Waals surface area contributed by atoms with Crippen molar-refractivity contribution < 1.29 is 19.1 Å². The lowest BCUT2D eigenvalue weighted by atomic mass is 10.0. The van der Waals surface area contributed by atoms with Gasteiger partial charge in [0.1, 0.15) is 12.6 Å². The molecule has 2 aromatic carbocycles. The maximum Gasteiger partial charge on any atom is 0.410 e. The normalized spacial score (nSPS) is 14.5. The fourth-order valence-corrected chi connectivity index (χ4v) is 3.42. The summed E-state index contributed by atoms with van der Waals surface area (Å²) < 4.78 is 5.37. The van der Waals surface area contributed by atoms with Gasteiger partial charge in [-0.1, -0.05) is 67.2 Å². The van der Waals surface area contributed by atoms with E-state index in [0.717, 1.165) is 17.2 Å². The quantitative estimate of drug-likeness (QED) is 0.697. The second-order valence-corrected chi connectivity index (χ2v) is 7.31. The molecule has 1 fully saturated rings. The number of carbonyl (C=O) groups is 3. The minimum atomic E-state index is -0.690. The molecule has 0 aromatic heterocycles. The fraction of sp³-hybridized carbons (Fsp3) is 0.292. The molecule has 0 saturated carbocycles. The van der Waals surface area contributed by atoms with E-state index in [0.29, 0.717) is 32.6 Å². The lowest BCUT2D eigenvalue weighted by molar-refractivity contribution is -0.137. The molecular weight excluding hydrogens is 394 g/mol. The molecule has 1 aliphatic rings. The Hall–Kier alpha value is -3.61. The van der Waals surface area contributed by atoms with Gasteiger partial charge in [-0.3, -0.25) is 9.59 Å². The number of rotatable bonds is 7. The third-order valence-electron chi connectivity index (χ3n) is 5.14. The Balaban J connectivity index is 1.54. The number of ether oxygens (including phenoxy) is 1. The first-order valence-electron chi connectivity index (χ1n) is 10.3. The van der Waals surface area contributed by atoms with Gasteiger partial charge in [-0.2, -0.15) is 0 Å². The minimum Gasteiger partial charge on any atom is -0.445 e. The summed E-state index contributed by atoms with van der Waals surface area (Å²) in [5, 5.41) is 2.73. The van der Waals surface area contributed by atoms with E-state index in [9.17, 15) is 14.4 Å². The molecule has 0 spiro atoms. The van der Waals surface area contributed by atoms with Gasteiger partial charge >= 0.3 is 6.09 Å². The van der Waals surface area contributed by atoms with Gasteiger partial charge in [0.2, 0.25) is 11.8 Å². The largest absolute Gasteiger partial charge is 0.445 e. The van der Waals surface area contributed by atoms with Crippen LogP contribution in [0.25, 0.3) is 0 Å². The molecule has 3 amide bonds. The van der Waals surface area contributed by atoms with Gasteiger partial charge in [0.25, 0.3) is 0 Å². The van der Waals surface area contributed by atoms with Crippen LogP contribution in [-0.4, -0.2) is 59.9 Å². The first kappa shape index (κ1) is 22.1. The SMILES string of the molecule is C=CC(=O)NC(Cc1ccccc1)C(=O)N1CCN(C(=O)OCc2ccccc2)CC1. The van der Waals surface area contributed by atoms with Crippen molar-refractivity contribution in [1.82, 2.24) is 15.1 Å². The van der Waals surface area contributed by atoms with Gasteiger partial charge in [0.15, 0.2) is 0 Å². The van der Waals surface area contributed by atoms with E-state index in [1.54, 1.807) is 9.80 Å². The van der Waals surface area contributed by atoms with Crippen molar-refractivity contribution in [2.24, 2.45) is 0 Å². The maximum atomic E-state index is 13.1. The van der Waals surface area contributed by atoms with Crippen molar-refractivity contribution in [3.8, 4) is 0 Å². The summed E-state index contributed by atoms with van der Waals surface area (Å²) in [6, 6.07) is 18.3. The first-order chi connectivity index (χ1) is 15.1. The number of amides is 3. The molecule has 2 aromatic rings. The number of piperazine rings is 1. The van der Waals surface area contributed by atoms with E-state index in [1.165, 1.54) is 0 Å². The van der Waals surface area contributed by atoms with Crippen molar-refractivity contribution in [2.75, 3.05) is 26.2 Å². The van der Waals surface area contributed by atoms with Crippen molar-refractivity contribution in [2.45, 2.75) is 19.1 Å². The third-order valence-corrected chi connectivity index (χ3v) is 5.14. The Kier molecular flexibility index (Phi) is 7.81. The summed E-state index contributed by atoms with van der Waals surface area (Å²) in [6.07, 6.45) is 1.15. The van der Waals surface area contributed by atoms with Crippen molar-refractivity contribution in [3.05, 3.63) is 84.4 Å². The van der Waals surface area contributed by atoms with E-state index in [-0.39, 0.29) is 12.5 Å². The second kappa shape index (κ2) is 11.0. The molecule has 1 saturated heterocycles. The highest BCUT2D eigenvalue weighted by Gasteiger charge is 2.30. The molecule has 7 nitrogen and oxygen atoms in total. The van der Waals surface area contributed by atoms with Crippen LogP contribution < -0.4 is 5.32 Å². The fourth-order valence-electron chi connectivity index (χ4n) is 3.42. The monoisotopic (exact) mass is 421 g/mol. The number of nitrogens with zero attached hydrogens (tertiary/aromatic N) is 2. The van der Waals surface area contributed by atoms with Gasteiger partial charge < -0.3 is 19.9 Å². The Morgan fingerprint density at radius 1 is 0.903 bits per heavy atom. The number of nitrogens with one attached hydrogen (secondary N) is 1. The van der Waals surface area contributed by atoms with Crippen LogP contribution in [0, 0.1) is 0 Å². The van der Waals surface area contributed by atoms with Crippen molar-refractivity contribution in [3.63, 3.8) is 0 Å². The van der Waals surface area contributed by atoms with Crippen LogP contribution in [0.1, 0.15) is 11.1 Å². The Morgan fingerprint density at radius 2 is 1.45 bits per heavy atom. The molecule has 0 bridgehead atoms. The lowest BCUT2D eigenvalue weighted by Gasteiger charge is -2.36. The highest BCUT2D eigenvalue weighted by molar-refractivity contribution is 5.92. The zero-order valence-corrected chi connectivity index (χ0v) is 17.4. The van der Waals surface area contributed by atoms with Gasteiger partial charge in [-0.05, 0) is 17.2 Å². The van der Waals surface area contributed by atoms with Crippen LogP contribution in [0.15, 0.2) is 73.3 Å². The summed E-state index contributed by atoms with van der Waals surface area (Å²) >= 11 is 0. The number of hydrogen-bond donors (Lipinski definition) is 1. The summed E-state index contributed by atoms with van der Waals surface area (Å²) in [5.41, 5.74) is 1.87. The van der Waals surface area contributed by atoms with Crippen molar-refractivity contribution in [1.29, 1.82) is 0 Å². The van der Waals surface area contributed by atoms with E-state index in [1.807, 2.05) is 60.7 Å². The highest BCUT2D eigenvalue weighted by Crippen LogP contribution is 2.11. The standard InChI is InChI=1S/C24H27N3O4/c1-2-22(28)25-21(17-19-9-5-3-6-10-19)23(29)26-13-15-27(16-14-26)24(30)31-18-20-11-7-4-8-12-20/h2-12,21H,1,13-18H2,(H,25,28). The van der Waals surface area contributed by atoms with Crippen molar-refractivity contribution >= 4 is 17.9 Å². The molecule has 1 unspecified atom stereocenters. The zero-order valence-electron chi connectivity index (χ0n) is 17.4. The van der Waals surface area contributed by atoms with E-state index >= 15 is 0 Å². The Bertz CT molecular complexity index is 894. The third kappa shape index (κ3) is 6.44. The molecule has 0 aliphatic carbocycles. The highest BCUT2D eigenvalue weighted by atomic mass is 16.6. The summed E-state index contributed by atoms with van der Waals surface area (Å²) in [4.78, 5) is 40.6. The number of hydrogen-bond acceptors (Lipinski definition) is 4.